The lowest BCUT2D eigenvalue weighted by Gasteiger charge is -2.34. The molecule has 146 valence electrons. The first kappa shape index (κ1) is 19.7. The Morgan fingerprint density at radius 2 is 2.04 bits per heavy atom. The number of carbonyl (C=O) groups is 1. The maximum absolute atomic E-state index is 12.9. The van der Waals surface area contributed by atoms with E-state index in [9.17, 15) is 10.1 Å². The summed E-state index contributed by atoms with van der Waals surface area (Å²) in [5.74, 6) is 0.822. The van der Waals surface area contributed by atoms with Gasteiger partial charge in [0.15, 0.2) is 0 Å². The summed E-state index contributed by atoms with van der Waals surface area (Å²) in [4.78, 5) is 14.8. The molecule has 2 saturated heterocycles. The molecule has 0 saturated carbocycles. The number of hydrogen-bond acceptors (Lipinski definition) is 3. The van der Waals surface area contributed by atoms with Crippen LogP contribution in [0.5, 0.6) is 0 Å². The lowest BCUT2D eigenvalue weighted by atomic mass is 9.91. The molecule has 0 radical (unpaired) electrons. The third-order valence-electron chi connectivity index (χ3n) is 5.83. The molecular weight excluding hydrogens is 338 g/mol. The van der Waals surface area contributed by atoms with Crippen LogP contribution in [0.25, 0.3) is 6.08 Å². The molecule has 2 fully saturated rings. The van der Waals surface area contributed by atoms with Crippen LogP contribution in [0.1, 0.15) is 50.1 Å². The Morgan fingerprint density at radius 3 is 2.63 bits per heavy atom. The second-order valence-corrected chi connectivity index (χ2v) is 8.40. The van der Waals surface area contributed by atoms with Crippen LogP contribution in [0.2, 0.25) is 0 Å². The standard InChI is InChI=1S/C22H31N3O2/c1-15-8-16(2)13-24(12-15)22(26)20(11-23)10-19-9-17(3)25(18(19)4)14-21-6-5-7-27-21/h9-10,15-16,21H,5-8,12-14H2,1-4H3/b20-10+. The van der Waals surface area contributed by atoms with Gasteiger partial charge in [0.25, 0.3) is 5.91 Å². The number of piperidine rings is 1. The fourth-order valence-corrected chi connectivity index (χ4v) is 4.54. The molecule has 0 aliphatic carbocycles. The van der Waals surface area contributed by atoms with Gasteiger partial charge in [0.2, 0.25) is 0 Å². The third-order valence-corrected chi connectivity index (χ3v) is 5.83. The summed E-state index contributed by atoms with van der Waals surface area (Å²) < 4.78 is 8.01. The van der Waals surface area contributed by atoms with Gasteiger partial charge in [-0.2, -0.15) is 5.26 Å². The molecule has 1 aromatic rings. The van der Waals surface area contributed by atoms with Crippen molar-refractivity contribution in [3.8, 4) is 6.07 Å². The number of carbonyl (C=O) groups excluding carboxylic acids is 1. The van der Waals surface area contributed by atoms with Gasteiger partial charge in [-0.25, -0.2) is 0 Å². The molecule has 2 aliphatic heterocycles. The maximum Gasteiger partial charge on any atom is 0.264 e. The van der Waals surface area contributed by atoms with Gasteiger partial charge in [0, 0.05) is 37.6 Å². The summed E-state index contributed by atoms with van der Waals surface area (Å²) in [7, 11) is 0. The summed E-state index contributed by atoms with van der Waals surface area (Å²) in [6.45, 7) is 11.6. The highest BCUT2D eigenvalue weighted by Gasteiger charge is 2.27. The van der Waals surface area contributed by atoms with Crippen molar-refractivity contribution in [2.75, 3.05) is 19.7 Å². The molecule has 0 N–H and O–H groups in total. The van der Waals surface area contributed by atoms with E-state index in [2.05, 4.69) is 44.4 Å². The fourth-order valence-electron chi connectivity index (χ4n) is 4.54. The van der Waals surface area contributed by atoms with Crippen LogP contribution >= 0.6 is 0 Å². The Balaban J connectivity index is 1.81. The van der Waals surface area contributed by atoms with Crippen molar-refractivity contribution in [3.05, 3.63) is 28.6 Å². The number of ether oxygens (including phenoxy) is 1. The summed E-state index contributed by atoms with van der Waals surface area (Å²) in [5, 5.41) is 9.62. The molecule has 0 aromatic carbocycles. The Bertz CT molecular complexity index is 755. The van der Waals surface area contributed by atoms with Crippen LogP contribution in [0.15, 0.2) is 11.6 Å². The number of aryl methyl sites for hydroxylation is 1. The van der Waals surface area contributed by atoms with E-state index >= 15 is 0 Å². The largest absolute Gasteiger partial charge is 0.376 e. The highest BCUT2D eigenvalue weighted by molar-refractivity contribution is 6.01. The molecule has 5 nitrogen and oxygen atoms in total. The van der Waals surface area contributed by atoms with Gasteiger partial charge >= 0.3 is 0 Å². The van der Waals surface area contributed by atoms with E-state index in [-0.39, 0.29) is 17.6 Å². The van der Waals surface area contributed by atoms with E-state index in [0.717, 1.165) is 62.5 Å². The number of rotatable bonds is 4. The van der Waals surface area contributed by atoms with Gasteiger partial charge in [-0.1, -0.05) is 13.8 Å². The number of hydrogen-bond donors (Lipinski definition) is 0. The molecule has 0 spiro atoms. The topological polar surface area (TPSA) is 58.3 Å². The van der Waals surface area contributed by atoms with Crippen LogP contribution in [-0.2, 0) is 16.1 Å². The predicted octanol–water partition coefficient (Wildman–Crippen LogP) is 3.70. The van der Waals surface area contributed by atoms with Crippen molar-refractivity contribution in [1.29, 1.82) is 5.26 Å². The highest BCUT2D eigenvalue weighted by atomic mass is 16.5. The van der Waals surface area contributed by atoms with Crippen molar-refractivity contribution < 1.29 is 9.53 Å². The molecule has 1 amide bonds. The van der Waals surface area contributed by atoms with Crippen LogP contribution in [0.4, 0.5) is 0 Å². The summed E-state index contributed by atoms with van der Waals surface area (Å²) in [5.41, 5.74) is 3.41. The highest BCUT2D eigenvalue weighted by Crippen LogP contribution is 2.25. The fraction of sp³-hybridized carbons (Fsp3) is 0.636. The monoisotopic (exact) mass is 369 g/mol. The Morgan fingerprint density at radius 1 is 1.33 bits per heavy atom. The Kier molecular flexibility index (Phi) is 6.06. The number of amides is 1. The summed E-state index contributed by atoms with van der Waals surface area (Å²) in [6.07, 6.45) is 5.38. The molecule has 2 aliphatic rings. The van der Waals surface area contributed by atoms with Gasteiger partial charge in [0.1, 0.15) is 11.6 Å². The zero-order valence-corrected chi connectivity index (χ0v) is 17.0. The van der Waals surface area contributed by atoms with Crippen LogP contribution in [0.3, 0.4) is 0 Å². The van der Waals surface area contributed by atoms with Crippen molar-refractivity contribution in [3.63, 3.8) is 0 Å². The van der Waals surface area contributed by atoms with Gasteiger partial charge in [0.05, 0.1) is 6.10 Å². The Hall–Kier alpha value is -2.06. The predicted molar refractivity (Wildman–Crippen MR) is 106 cm³/mol. The van der Waals surface area contributed by atoms with Crippen molar-refractivity contribution in [2.24, 2.45) is 11.8 Å². The molecule has 3 atom stereocenters. The van der Waals surface area contributed by atoms with E-state index in [1.165, 1.54) is 0 Å². The normalized spacial score (nSPS) is 26.3. The van der Waals surface area contributed by atoms with Crippen LogP contribution < -0.4 is 0 Å². The lowest BCUT2D eigenvalue weighted by molar-refractivity contribution is -0.129. The number of likely N-dealkylation sites (tertiary alicyclic amines) is 1. The third kappa shape index (κ3) is 4.44. The van der Waals surface area contributed by atoms with E-state index < -0.39 is 0 Å². The first-order chi connectivity index (χ1) is 12.9. The zero-order valence-electron chi connectivity index (χ0n) is 17.0. The molecule has 3 heterocycles. The lowest BCUT2D eigenvalue weighted by Crippen LogP contribution is -2.43. The van der Waals surface area contributed by atoms with Crippen LogP contribution in [0, 0.1) is 37.0 Å². The molecular formula is C22H31N3O2. The molecule has 1 aromatic heterocycles. The average Bonchev–Trinajstić information content (AvgIpc) is 3.22. The van der Waals surface area contributed by atoms with E-state index in [1.807, 2.05) is 4.90 Å². The van der Waals surface area contributed by atoms with Gasteiger partial charge < -0.3 is 14.2 Å². The van der Waals surface area contributed by atoms with Gasteiger partial charge in [-0.05, 0) is 62.7 Å². The maximum atomic E-state index is 12.9. The molecule has 0 bridgehead atoms. The van der Waals surface area contributed by atoms with Crippen molar-refractivity contribution in [1.82, 2.24) is 9.47 Å². The quantitative estimate of drug-likeness (QED) is 0.601. The van der Waals surface area contributed by atoms with Gasteiger partial charge in [-0.3, -0.25) is 4.79 Å². The summed E-state index contributed by atoms with van der Waals surface area (Å²) in [6, 6.07) is 4.21. The smallest absolute Gasteiger partial charge is 0.264 e. The van der Waals surface area contributed by atoms with Crippen LogP contribution in [-0.4, -0.2) is 41.2 Å². The van der Waals surface area contributed by atoms with Crippen molar-refractivity contribution in [2.45, 2.75) is 59.6 Å². The Labute approximate surface area is 162 Å². The minimum atomic E-state index is -0.139. The molecule has 27 heavy (non-hydrogen) atoms. The zero-order chi connectivity index (χ0) is 19.6. The van der Waals surface area contributed by atoms with E-state index in [1.54, 1.807) is 6.08 Å². The summed E-state index contributed by atoms with van der Waals surface area (Å²) >= 11 is 0. The average molecular weight is 370 g/mol. The first-order valence-electron chi connectivity index (χ1n) is 10.1. The number of nitriles is 1. The minimum absolute atomic E-state index is 0.139. The molecule has 5 heteroatoms. The van der Waals surface area contributed by atoms with E-state index in [4.69, 9.17) is 4.74 Å². The number of nitrogens with zero attached hydrogens (tertiary/aromatic N) is 3. The minimum Gasteiger partial charge on any atom is -0.376 e. The molecule has 3 unspecified atom stereocenters. The first-order valence-corrected chi connectivity index (χ1v) is 10.1. The van der Waals surface area contributed by atoms with Crippen molar-refractivity contribution >= 4 is 12.0 Å². The van der Waals surface area contributed by atoms with E-state index in [0.29, 0.717) is 11.8 Å². The molecule has 3 rings (SSSR count). The SMILES string of the molecule is Cc1cc(/C=C(\C#N)C(=O)N2CC(C)CC(C)C2)c(C)n1CC1CCCO1. The second kappa shape index (κ2) is 8.31. The van der Waals surface area contributed by atoms with Gasteiger partial charge in [-0.15, -0.1) is 0 Å². The second-order valence-electron chi connectivity index (χ2n) is 8.40. The number of aromatic nitrogens is 1.